The molecule has 14 nitrogen and oxygen atoms in total. The Morgan fingerprint density at radius 3 is 0.986 bits per heavy atom. The van der Waals surface area contributed by atoms with Gasteiger partial charge in [0.2, 0.25) is 11.8 Å². The summed E-state index contributed by atoms with van der Waals surface area (Å²) in [5.41, 5.74) is 3.86. The van der Waals surface area contributed by atoms with Gasteiger partial charge in [-0.2, -0.15) is 0 Å². The Balaban J connectivity index is 1.10. The average Bonchev–Trinajstić information content (AvgIpc) is 3.41. The van der Waals surface area contributed by atoms with Crippen LogP contribution in [0.15, 0.2) is 158 Å². The van der Waals surface area contributed by atoms with Gasteiger partial charge in [0.15, 0.2) is 0 Å². The third-order valence-electron chi connectivity index (χ3n) is 13.2. The number of rotatable bonds is 4. The molecule has 1 aliphatic rings. The Morgan fingerprint density at radius 1 is 0.351 bits per heavy atom. The second kappa shape index (κ2) is 19.4. The van der Waals surface area contributed by atoms with Crippen molar-refractivity contribution in [1.82, 2.24) is 9.97 Å². The van der Waals surface area contributed by atoms with E-state index in [-0.39, 0.29) is 58.7 Å². The number of aromatic nitrogens is 2. The van der Waals surface area contributed by atoms with Crippen molar-refractivity contribution in [3.63, 3.8) is 0 Å². The highest BCUT2D eigenvalue weighted by atomic mass is 16.5. The molecule has 2 aromatic heterocycles. The zero-order chi connectivity index (χ0) is 51.0. The van der Waals surface area contributed by atoms with Crippen LogP contribution in [0.1, 0.15) is 31.8 Å². The number of carbonyl (C=O) groups excluding carboxylic acids is 4. The van der Waals surface area contributed by atoms with E-state index in [2.05, 4.69) is 31.2 Å². The van der Waals surface area contributed by atoms with E-state index < -0.39 is 23.6 Å². The molecule has 14 heteroatoms. The maximum Gasteiger partial charge on any atom is 0.260 e. The summed E-state index contributed by atoms with van der Waals surface area (Å²) < 4.78 is 24.9. The van der Waals surface area contributed by atoms with Gasteiger partial charge in [-0.1, -0.05) is 109 Å². The molecule has 0 atom stereocenters. The summed E-state index contributed by atoms with van der Waals surface area (Å²) in [4.78, 5) is 67.1. The van der Waals surface area contributed by atoms with Crippen molar-refractivity contribution in [2.24, 2.45) is 0 Å². The van der Waals surface area contributed by atoms with Gasteiger partial charge < -0.3 is 40.2 Å². The quantitative estimate of drug-likeness (QED) is 0.133. The number of benzene rings is 8. The second-order valence-corrected chi connectivity index (χ2v) is 17.6. The fraction of sp³-hybridized carbons (Fsp3) is 0.100. The highest BCUT2D eigenvalue weighted by molar-refractivity contribution is 6.20. The van der Waals surface area contributed by atoms with E-state index in [0.29, 0.717) is 55.7 Å². The van der Waals surface area contributed by atoms with Gasteiger partial charge in [-0.3, -0.25) is 19.2 Å². The Labute approximate surface area is 424 Å². The lowest BCUT2D eigenvalue weighted by atomic mass is 9.87. The van der Waals surface area contributed by atoms with Gasteiger partial charge in [0.1, 0.15) is 46.3 Å². The number of nitrogens with one attached hydrogen (secondary N) is 4. The third kappa shape index (κ3) is 8.43. The fourth-order valence-corrected chi connectivity index (χ4v) is 10.1. The zero-order valence-electron chi connectivity index (χ0n) is 40.6. The van der Waals surface area contributed by atoms with Gasteiger partial charge in [0.25, 0.3) is 11.8 Å². The smallest absolute Gasteiger partial charge is 0.260 e. The normalized spacial score (nSPS) is 13.0. The molecular formula is C60H46N6O8. The van der Waals surface area contributed by atoms with Gasteiger partial charge >= 0.3 is 0 Å². The molecule has 10 aromatic rings. The number of anilines is 4. The van der Waals surface area contributed by atoms with E-state index >= 15 is 0 Å². The lowest BCUT2D eigenvalue weighted by Gasteiger charge is -2.22. The minimum atomic E-state index is -0.548. The van der Waals surface area contributed by atoms with Crippen LogP contribution in [0.5, 0.6) is 23.0 Å². The molecule has 0 aliphatic carbocycles. The van der Waals surface area contributed by atoms with E-state index in [9.17, 15) is 19.2 Å². The monoisotopic (exact) mass is 978 g/mol. The summed E-state index contributed by atoms with van der Waals surface area (Å²) in [5.74, 6) is 0.127. The van der Waals surface area contributed by atoms with Crippen molar-refractivity contribution >= 4 is 90.0 Å². The number of pyridine rings is 2. The molecule has 1 aliphatic heterocycles. The second-order valence-electron chi connectivity index (χ2n) is 17.6. The van der Waals surface area contributed by atoms with E-state index in [4.69, 9.17) is 18.9 Å². The molecule has 3 heterocycles. The first-order valence-electron chi connectivity index (χ1n) is 23.7. The fourth-order valence-electron chi connectivity index (χ4n) is 10.1. The average molecular weight is 979 g/mol. The number of fused-ring (bicyclic) bond motifs is 22. The number of amides is 4. The molecule has 364 valence electrons. The minimum Gasteiger partial charge on any atom is -0.496 e. The molecule has 12 bridgehead atoms. The Bertz CT molecular complexity index is 3710. The van der Waals surface area contributed by atoms with Crippen LogP contribution in [0.3, 0.4) is 0 Å². The Morgan fingerprint density at radius 2 is 0.649 bits per heavy atom. The number of nitrogens with zero attached hydrogens (tertiary/aromatic N) is 2. The molecule has 0 unspecified atom stereocenters. The summed E-state index contributed by atoms with van der Waals surface area (Å²) in [6.45, 7) is 0. The van der Waals surface area contributed by atoms with Gasteiger partial charge in [-0.25, -0.2) is 9.97 Å². The Hall–Kier alpha value is -9.82. The minimum absolute atomic E-state index is 0.120. The number of hydrogen-bond donors (Lipinski definition) is 4. The molecular weight excluding hydrogens is 933 g/mol. The summed E-state index contributed by atoms with van der Waals surface area (Å²) in [7, 11) is 6.08. The molecule has 0 spiro atoms. The lowest BCUT2D eigenvalue weighted by molar-refractivity contribution is -0.116. The highest BCUT2D eigenvalue weighted by Crippen LogP contribution is 2.50. The summed E-state index contributed by atoms with van der Waals surface area (Å²) >= 11 is 0. The van der Waals surface area contributed by atoms with Crippen LogP contribution in [0.25, 0.3) is 65.3 Å². The number of hydrogen-bond acceptors (Lipinski definition) is 10. The molecule has 4 amide bonds. The van der Waals surface area contributed by atoms with Gasteiger partial charge in [0, 0.05) is 33.4 Å². The van der Waals surface area contributed by atoms with Crippen molar-refractivity contribution in [1.29, 1.82) is 0 Å². The van der Waals surface area contributed by atoms with Crippen LogP contribution in [-0.4, -0.2) is 62.0 Å². The standard InChI is InChI=1S/C60H46N6O8/c1-71-55-37-27-33-15-5-9-19-39(33)51(55)52-40-20-10-6-16-34(40)28-38(56(52)72-2)32-50(68)64-46-24-14-26-48(62-46)66-60(70)44-30-36-18-8-12-22-42(36)54(58(44)74-4)53-41-21-11-7-17-35(41)29-43(57(53)73-3)59(69)65-47-25-13-23-45(61-47)63-49(67)31-37/h5-30H,31-32H2,1-4H3,(H2,61,63,65,67,69)(H2,62,64,66,68,70). The van der Waals surface area contributed by atoms with Crippen LogP contribution in [0.4, 0.5) is 23.3 Å². The summed E-state index contributed by atoms with van der Waals surface area (Å²) in [6, 6.07) is 47.9. The summed E-state index contributed by atoms with van der Waals surface area (Å²) in [5, 5.41) is 17.9. The highest BCUT2D eigenvalue weighted by Gasteiger charge is 2.29. The topological polar surface area (TPSA) is 179 Å². The van der Waals surface area contributed by atoms with Crippen molar-refractivity contribution in [3.8, 4) is 45.3 Å². The maximum absolute atomic E-state index is 14.7. The molecule has 0 fully saturated rings. The molecule has 74 heavy (non-hydrogen) atoms. The van der Waals surface area contributed by atoms with Crippen LogP contribution in [0.2, 0.25) is 0 Å². The predicted octanol–water partition coefficient (Wildman–Crippen LogP) is 11.6. The van der Waals surface area contributed by atoms with Crippen molar-refractivity contribution in [3.05, 3.63) is 180 Å². The van der Waals surface area contributed by atoms with Crippen LogP contribution >= 0.6 is 0 Å². The molecule has 4 N–H and O–H groups in total. The van der Waals surface area contributed by atoms with Crippen LogP contribution in [-0.2, 0) is 22.4 Å². The molecule has 0 saturated heterocycles. The lowest BCUT2D eigenvalue weighted by Crippen LogP contribution is -2.19. The molecule has 0 saturated carbocycles. The number of ether oxygens (including phenoxy) is 4. The van der Waals surface area contributed by atoms with Crippen molar-refractivity contribution in [2.45, 2.75) is 12.8 Å². The van der Waals surface area contributed by atoms with E-state index in [1.54, 1.807) is 62.8 Å². The predicted molar refractivity (Wildman–Crippen MR) is 289 cm³/mol. The largest absolute Gasteiger partial charge is 0.496 e. The molecule has 8 aromatic carbocycles. The van der Waals surface area contributed by atoms with Crippen molar-refractivity contribution < 1.29 is 38.1 Å². The van der Waals surface area contributed by atoms with Gasteiger partial charge in [0.05, 0.1) is 52.4 Å². The van der Waals surface area contributed by atoms with Crippen molar-refractivity contribution in [2.75, 3.05) is 49.7 Å². The Kier molecular flexibility index (Phi) is 12.2. The summed E-state index contributed by atoms with van der Waals surface area (Å²) in [6.07, 6.45) is -0.241. The van der Waals surface area contributed by atoms with Crippen LogP contribution in [0, 0.1) is 0 Å². The van der Waals surface area contributed by atoms with Crippen LogP contribution < -0.4 is 40.2 Å². The number of carbonyl (C=O) groups is 4. The third-order valence-corrected chi connectivity index (χ3v) is 13.2. The SMILES string of the molecule is COc1c2cc3ccccc3c1-c1c(OC)c(cc3ccccc13)CC(=O)Nc1cccc(n1)NC(=O)c1cc3ccccc3c(c1OC)-c1c(OC)c(cc3ccccc13)C(=O)Nc1cccc(n1)NC(=O)C2. The van der Waals surface area contributed by atoms with Gasteiger partial charge in [-0.05, 0) is 91.6 Å². The molecule has 0 radical (unpaired) electrons. The van der Waals surface area contributed by atoms with E-state index in [0.717, 1.165) is 32.3 Å². The number of methoxy groups -OCH3 is 4. The molecule has 11 rings (SSSR count). The first-order valence-corrected chi connectivity index (χ1v) is 23.7. The van der Waals surface area contributed by atoms with Gasteiger partial charge in [-0.15, -0.1) is 0 Å². The van der Waals surface area contributed by atoms with E-state index in [1.807, 2.05) is 109 Å². The van der Waals surface area contributed by atoms with E-state index in [1.165, 1.54) is 14.2 Å². The zero-order valence-corrected chi connectivity index (χ0v) is 40.6. The first-order chi connectivity index (χ1) is 36.1. The first kappa shape index (κ1) is 46.6. The maximum atomic E-state index is 14.7.